The summed E-state index contributed by atoms with van der Waals surface area (Å²) in [5.74, 6) is -0.760. The molecule has 1 aliphatic rings. The second kappa shape index (κ2) is 4.01. The third-order valence-corrected chi connectivity index (χ3v) is 1.64. The summed E-state index contributed by atoms with van der Waals surface area (Å²) < 4.78 is 27.7. The van der Waals surface area contributed by atoms with E-state index in [0.717, 1.165) is 6.08 Å². The van der Waals surface area contributed by atoms with Gasteiger partial charge in [0.1, 0.15) is 5.76 Å². The molecular weight excluding hydrogens is 201 g/mol. The first kappa shape index (κ1) is 11.6. The minimum atomic E-state index is -3.97. The molecule has 0 atom stereocenters. The van der Waals surface area contributed by atoms with E-state index in [0.29, 0.717) is 0 Å². The second-order valence-electron chi connectivity index (χ2n) is 1.70. The molecule has 0 radical (unpaired) electrons. The predicted molar refractivity (Wildman–Crippen MR) is 32.1 cm³/mol. The molecule has 0 aromatic rings. The second-order valence-corrected chi connectivity index (χ2v) is 2.90. The zero-order valence-corrected chi connectivity index (χ0v) is 10.0. The molecule has 7 heteroatoms. The first-order valence-corrected chi connectivity index (χ1v) is 3.76. The van der Waals surface area contributed by atoms with Crippen LogP contribution in [-0.2, 0) is 19.3 Å². The quantitative estimate of drug-likeness (QED) is 0.313. The molecule has 0 bridgehead atoms. The van der Waals surface area contributed by atoms with Crippen LogP contribution in [0.25, 0.3) is 4.72 Å². The maximum Gasteiger partial charge on any atom is 1.00 e. The molecule has 0 aliphatic carbocycles. The minimum Gasteiger partial charge on any atom is -0.509 e. The number of hydrogen-bond donors (Lipinski definition) is 0. The standard InChI is InChI=1S/C4H5NO4S.K/c1-3-2-4(6)5-10(7,8)9-3;/h2H,1H3,(H,5,6);/q;+1/p-1/i1+1,2+1,3+1,4+1;. The van der Waals surface area contributed by atoms with Crippen molar-refractivity contribution in [3.8, 4) is 0 Å². The molecule has 11 heavy (non-hydrogen) atoms. The van der Waals surface area contributed by atoms with Gasteiger partial charge in [0, 0.05) is 6.08 Å². The SMILES string of the molecule is [13CH3][13C]1=[13CH][13C](=O)[N-]S(=O)(=O)O1.[K+]. The van der Waals surface area contributed by atoms with Crippen LogP contribution in [0.3, 0.4) is 0 Å². The number of carbonyl (C=O) groups excluding carboxylic acids is 1. The Bertz CT molecular complexity index is 293. The van der Waals surface area contributed by atoms with Gasteiger partial charge in [-0.2, -0.15) is 0 Å². The van der Waals surface area contributed by atoms with Crippen LogP contribution in [0.5, 0.6) is 0 Å². The third kappa shape index (κ3) is 3.68. The van der Waals surface area contributed by atoms with Crippen molar-refractivity contribution in [3.05, 3.63) is 16.6 Å². The van der Waals surface area contributed by atoms with Crippen molar-refractivity contribution in [3.63, 3.8) is 0 Å². The van der Waals surface area contributed by atoms with Crippen molar-refractivity contribution in [1.82, 2.24) is 0 Å². The fraction of sp³-hybridized carbons (Fsp3) is 0.250. The van der Waals surface area contributed by atoms with Gasteiger partial charge >= 0.3 is 51.4 Å². The maximum absolute atomic E-state index is 10.4. The number of carbonyl (C=O) groups is 1. The van der Waals surface area contributed by atoms with E-state index in [-0.39, 0.29) is 57.1 Å². The average molecular weight is 205 g/mol. The first-order valence-electron chi connectivity index (χ1n) is 2.39. The van der Waals surface area contributed by atoms with Crippen molar-refractivity contribution in [2.75, 3.05) is 0 Å². The van der Waals surface area contributed by atoms with Gasteiger partial charge < -0.3 is 13.7 Å². The largest absolute Gasteiger partial charge is 1.00 e. The monoisotopic (exact) mass is 205 g/mol. The minimum absolute atomic E-state index is 0. The fourth-order valence-corrected chi connectivity index (χ4v) is 1.21. The molecular formula is C4H4KNO4S. The summed E-state index contributed by atoms with van der Waals surface area (Å²) in [5, 5.41) is 0. The molecule has 1 heterocycles. The van der Waals surface area contributed by atoms with Gasteiger partial charge in [0.2, 0.25) is 0 Å². The Balaban J connectivity index is 0.000001000. The molecule has 0 spiro atoms. The molecule has 0 N–H and O–H groups in total. The van der Waals surface area contributed by atoms with E-state index in [2.05, 4.69) is 8.91 Å². The van der Waals surface area contributed by atoms with Crippen LogP contribution >= 0.6 is 0 Å². The Labute approximate surface area is 107 Å². The van der Waals surface area contributed by atoms with Crippen LogP contribution in [-0.4, -0.2) is 14.3 Å². The normalized spacial score (nSPS) is 20.5. The molecule has 1 rings (SSSR count). The molecule has 0 saturated heterocycles. The van der Waals surface area contributed by atoms with Gasteiger partial charge in [-0.1, -0.05) is 0 Å². The van der Waals surface area contributed by atoms with Gasteiger partial charge in [-0.3, -0.25) is 0 Å². The summed E-state index contributed by atoms with van der Waals surface area (Å²) in [6, 6.07) is 0. The smallest absolute Gasteiger partial charge is 0.509 e. The molecule has 1 aliphatic heterocycles. The van der Waals surface area contributed by atoms with Crippen LogP contribution in [0.2, 0.25) is 0 Å². The van der Waals surface area contributed by atoms with Crippen molar-refractivity contribution < 1.29 is 68.8 Å². The summed E-state index contributed by atoms with van der Waals surface area (Å²) in [4.78, 5) is 10.4. The zero-order chi connectivity index (χ0) is 7.78. The van der Waals surface area contributed by atoms with Gasteiger partial charge in [-0.15, -0.1) is 0 Å². The molecule has 0 saturated carbocycles. The molecule has 0 unspecified atom stereocenters. The Hall–Kier alpha value is 0.596. The Morgan fingerprint density at radius 2 is 2.09 bits per heavy atom. The van der Waals surface area contributed by atoms with Crippen LogP contribution in [0, 0.1) is 0 Å². The van der Waals surface area contributed by atoms with Crippen molar-refractivity contribution in [1.29, 1.82) is 0 Å². The maximum atomic E-state index is 10.4. The van der Waals surface area contributed by atoms with Crippen LogP contribution < -0.4 is 51.4 Å². The van der Waals surface area contributed by atoms with Crippen LogP contribution in [0.4, 0.5) is 0 Å². The van der Waals surface area contributed by atoms with Crippen LogP contribution in [0.1, 0.15) is 6.92 Å². The van der Waals surface area contributed by atoms with Gasteiger partial charge in [-0.25, -0.2) is 8.42 Å². The third-order valence-electron chi connectivity index (χ3n) is 0.765. The van der Waals surface area contributed by atoms with E-state index in [1.807, 2.05) is 0 Å². The number of amides is 1. The molecule has 56 valence electrons. The molecule has 0 aromatic heterocycles. The van der Waals surface area contributed by atoms with Crippen molar-refractivity contribution in [2.45, 2.75) is 6.92 Å². The molecule has 0 fully saturated rings. The van der Waals surface area contributed by atoms with Crippen molar-refractivity contribution >= 4 is 16.2 Å². The van der Waals surface area contributed by atoms with E-state index in [4.69, 9.17) is 0 Å². The first-order chi connectivity index (χ1) is 4.49. The molecule has 1 amide bonds. The fourth-order valence-electron chi connectivity index (χ4n) is 0.519. The number of allylic oxidation sites excluding steroid dienone is 1. The van der Waals surface area contributed by atoms with Gasteiger partial charge in [-0.05, 0) is 6.92 Å². The van der Waals surface area contributed by atoms with Crippen molar-refractivity contribution in [2.24, 2.45) is 0 Å². The Morgan fingerprint density at radius 3 is 2.45 bits per heavy atom. The number of rotatable bonds is 0. The summed E-state index contributed by atoms with van der Waals surface area (Å²) in [6.07, 6.45) is 1.00. The Kier molecular flexibility index (Phi) is 4.23. The number of nitrogens with zero attached hydrogens (tertiary/aromatic N) is 1. The average Bonchev–Trinajstić information content (AvgIpc) is 1.54. The van der Waals surface area contributed by atoms with E-state index in [1.54, 1.807) is 0 Å². The van der Waals surface area contributed by atoms with Gasteiger partial charge in [0.05, 0.1) is 5.91 Å². The van der Waals surface area contributed by atoms with Gasteiger partial charge in [0.25, 0.3) is 10.3 Å². The zero-order valence-electron chi connectivity index (χ0n) is 6.07. The number of hydrogen-bond acceptors (Lipinski definition) is 4. The topological polar surface area (TPSA) is 74.5 Å². The van der Waals surface area contributed by atoms with Gasteiger partial charge in [0.15, 0.2) is 0 Å². The van der Waals surface area contributed by atoms with E-state index < -0.39 is 16.2 Å². The Morgan fingerprint density at radius 1 is 1.55 bits per heavy atom. The van der Waals surface area contributed by atoms with Crippen LogP contribution in [0.15, 0.2) is 11.8 Å². The summed E-state index contributed by atoms with van der Waals surface area (Å²) >= 11 is 0. The summed E-state index contributed by atoms with van der Waals surface area (Å²) in [7, 11) is -3.97. The van der Waals surface area contributed by atoms with E-state index in [9.17, 15) is 13.2 Å². The molecule has 0 aromatic carbocycles. The predicted octanol–water partition coefficient (Wildman–Crippen LogP) is -2.93. The van der Waals surface area contributed by atoms with E-state index >= 15 is 0 Å². The summed E-state index contributed by atoms with van der Waals surface area (Å²) in [6.45, 7) is 1.37. The molecule has 5 nitrogen and oxygen atoms in total. The summed E-state index contributed by atoms with van der Waals surface area (Å²) in [5.41, 5.74) is 0. The van der Waals surface area contributed by atoms with E-state index in [1.165, 1.54) is 6.92 Å².